The van der Waals surface area contributed by atoms with E-state index in [9.17, 15) is 0 Å². The predicted octanol–water partition coefficient (Wildman–Crippen LogP) is 9.09. The Balaban J connectivity index is 1.67. The van der Waals surface area contributed by atoms with Crippen LogP contribution in [-0.4, -0.2) is 6.54 Å². The third-order valence-corrected chi connectivity index (χ3v) is 6.52. The van der Waals surface area contributed by atoms with Gasteiger partial charge in [-0.05, 0) is 64.6 Å². The number of benzene rings is 4. The fourth-order valence-corrected chi connectivity index (χ4v) is 4.71. The number of hydrogen-bond donors (Lipinski definition) is 1. The van der Waals surface area contributed by atoms with Crippen LogP contribution in [0.1, 0.15) is 20.3 Å². The van der Waals surface area contributed by atoms with E-state index in [1.807, 2.05) is 6.92 Å². The largest absolute Gasteiger partial charge is 0.379 e. The number of anilines is 3. The Morgan fingerprint density at radius 3 is 2.26 bits per heavy atom. The molecule has 168 valence electrons. The van der Waals surface area contributed by atoms with Gasteiger partial charge in [0.05, 0.1) is 17.1 Å². The molecule has 4 aromatic carbocycles. The number of nitrogens with one attached hydrogen (secondary N) is 1. The fraction of sp³-hybridized carbons (Fsp3) is 0.125. The summed E-state index contributed by atoms with van der Waals surface area (Å²) in [7, 11) is 0. The number of hydrogen-bond acceptors (Lipinski definition) is 2. The molecule has 2 heteroatoms. The van der Waals surface area contributed by atoms with Crippen LogP contribution in [0.3, 0.4) is 0 Å². The second-order valence-corrected chi connectivity index (χ2v) is 8.83. The Bertz CT molecular complexity index is 1440. The summed E-state index contributed by atoms with van der Waals surface area (Å²) in [6, 6.07) is 28.4. The Morgan fingerprint density at radius 2 is 1.50 bits per heavy atom. The molecule has 0 heterocycles. The third-order valence-electron chi connectivity index (χ3n) is 6.52. The van der Waals surface area contributed by atoms with Gasteiger partial charge in [-0.3, -0.25) is 0 Å². The number of rotatable bonds is 8. The van der Waals surface area contributed by atoms with Crippen molar-refractivity contribution < 1.29 is 0 Å². The van der Waals surface area contributed by atoms with Crippen molar-refractivity contribution in [3.8, 4) is 22.3 Å². The standard InChI is InChI=1S/C32H30N2/c1-5-6-20-34(29-18-8-7-17-28(29)33-21-23(4)22(2)3)30-19-11-15-26-25-14-9-12-24-13-10-16-27(31(24)25)32(26)30/h6-20,33H,2,4-5,21H2,1,3H3/b20-6-. The van der Waals surface area contributed by atoms with E-state index < -0.39 is 0 Å². The van der Waals surface area contributed by atoms with Crippen molar-refractivity contribution >= 4 is 27.8 Å². The Kier molecular flexibility index (Phi) is 5.81. The summed E-state index contributed by atoms with van der Waals surface area (Å²) in [5.41, 5.74) is 10.6. The maximum absolute atomic E-state index is 4.15. The van der Waals surface area contributed by atoms with Gasteiger partial charge < -0.3 is 10.2 Å². The van der Waals surface area contributed by atoms with E-state index in [4.69, 9.17) is 0 Å². The molecule has 0 spiro atoms. The van der Waals surface area contributed by atoms with Gasteiger partial charge in [0, 0.05) is 18.3 Å². The van der Waals surface area contributed by atoms with Crippen molar-refractivity contribution in [3.63, 3.8) is 0 Å². The van der Waals surface area contributed by atoms with Crippen LogP contribution in [0, 0.1) is 0 Å². The average molecular weight is 443 g/mol. The van der Waals surface area contributed by atoms with Crippen LogP contribution in [0.25, 0.3) is 33.0 Å². The number of nitrogens with zero attached hydrogens (tertiary/aromatic N) is 1. The third kappa shape index (κ3) is 3.72. The molecule has 0 aliphatic heterocycles. The van der Waals surface area contributed by atoms with Crippen LogP contribution in [-0.2, 0) is 0 Å². The highest BCUT2D eigenvalue weighted by atomic mass is 15.1. The van der Waals surface area contributed by atoms with E-state index in [0.29, 0.717) is 6.54 Å². The van der Waals surface area contributed by atoms with Crippen LogP contribution in [0.5, 0.6) is 0 Å². The summed E-state index contributed by atoms with van der Waals surface area (Å²) in [6.45, 7) is 13.0. The zero-order chi connectivity index (χ0) is 23.7. The van der Waals surface area contributed by atoms with Gasteiger partial charge in [-0.25, -0.2) is 0 Å². The minimum atomic E-state index is 0.662. The summed E-state index contributed by atoms with van der Waals surface area (Å²) in [5.74, 6) is 0. The minimum Gasteiger partial charge on any atom is -0.379 e. The number of allylic oxidation sites excluding steroid dienone is 1. The lowest BCUT2D eigenvalue weighted by Gasteiger charge is -2.27. The molecular weight excluding hydrogens is 412 g/mol. The first-order valence-corrected chi connectivity index (χ1v) is 11.9. The lowest BCUT2D eigenvalue weighted by atomic mass is 10.0. The van der Waals surface area contributed by atoms with Gasteiger partial charge in [-0.2, -0.15) is 0 Å². The van der Waals surface area contributed by atoms with Crippen molar-refractivity contribution in [3.05, 3.63) is 115 Å². The average Bonchev–Trinajstić information content (AvgIpc) is 3.20. The first kappa shape index (κ1) is 21.8. The van der Waals surface area contributed by atoms with Crippen LogP contribution < -0.4 is 10.2 Å². The molecule has 1 N–H and O–H groups in total. The first-order chi connectivity index (χ1) is 16.6. The molecular formula is C32H30N2. The maximum atomic E-state index is 4.15. The molecule has 0 aromatic heterocycles. The highest BCUT2D eigenvalue weighted by molar-refractivity contribution is 6.18. The highest BCUT2D eigenvalue weighted by Crippen LogP contribution is 2.52. The molecule has 0 saturated carbocycles. The minimum absolute atomic E-state index is 0.662. The van der Waals surface area contributed by atoms with Crippen molar-refractivity contribution in [1.29, 1.82) is 0 Å². The SMILES string of the molecule is C=C(C)C(=C)CNc1ccccc1N(/C=C\CC)c1cccc2c1-c1cccc3cccc-2c13. The molecule has 0 radical (unpaired) electrons. The van der Waals surface area contributed by atoms with E-state index in [-0.39, 0.29) is 0 Å². The molecule has 0 amide bonds. The topological polar surface area (TPSA) is 15.3 Å². The first-order valence-electron chi connectivity index (χ1n) is 11.9. The van der Waals surface area contributed by atoms with Crippen molar-refractivity contribution in [2.24, 2.45) is 0 Å². The molecule has 1 aliphatic rings. The van der Waals surface area contributed by atoms with Gasteiger partial charge in [-0.15, -0.1) is 0 Å². The lowest BCUT2D eigenvalue weighted by molar-refractivity contribution is 1.17. The molecule has 0 saturated heterocycles. The van der Waals surface area contributed by atoms with E-state index in [1.165, 1.54) is 38.7 Å². The summed E-state index contributed by atoms with van der Waals surface area (Å²) in [6.07, 6.45) is 5.38. The van der Waals surface area contributed by atoms with Crippen LogP contribution in [0.15, 0.2) is 115 Å². The van der Waals surface area contributed by atoms with Gasteiger partial charge in [0.2, 0.25) is 0 Å². The smallest absolute Gasteiger partial charge is 0.0687 e. The van der Waals surface area contributed by atoms with Gasteiger partial charge >= 0.3 is 0 Å². The maximum Gasteiger partial charge on any atom is 0.0687 e. The molecule has 0 unspecified atom stereocenters. The van der Waals surface area contributed by atoms with E-state index in [0.717, 1.165) is 28.9 Å². The summed E-state index contributed by atoms with van der Waals surface area (Å²) >= 11 is 0. The predicted molar refractivity (Wildman–Crippen MR) is 149 cm³/mol. The zero-order valence-corrected chi connectivity index (χ0v) is 19.9. The Labute approximate surface area is 202 Å². The Morgan fingerprint density at radius 1 is 0.824 bits per heavy atom. The van der Waals surface area contributed by atoms with Gasteiger partial charge in [0.15, 0.2) is 0 Å². The van der Waals surface area contributed by atoms with Gasteiger partial charge in [-0.1, -0.05) is 92.4 Å². The van der Waals surface area contributed by atoms with Gasteiger partial charge in [0.25, 0.3) is 0 Å². The second kappa shape index (κ2) is 9.07. The van der Waals surface area contributed by atoms with Gasteiger partial charge in [0.1, 0.15) is 0 Å². The van der Waals surface area contributed by atoms with Crippen LogP contribution in [0.2, 0.25) is 0 Å². The molecule has 34 heavy (non-hydrogen) atoms. The van der Waals surface area contributed by atoms with Crippen molar-refractivity contribution in [2.45, 2.75) is 20.3 Å². The lowest BCUT2D eigenvalue weighted by Crippen LogP contribution is -2.14. The molecule has 4 aromatic rings. The molecule has 2 nitrogen and oxygen atoms in total. The summed E-state index contributed by atoms with van der Waals surface area (Å²) in [5, 5.41) is 6.22. The van der Waals surface area contributed by atoms with Crippen LogP contribution in [0.4, 0.5) is 17.1 Å². The normalized spacial score (nSPS) is 11.6. The number of para-hydroxylation sites is 2. The second-order valence-electron chi connectivity index (χ2n) is 8.83. The summed E-state index contributed by atoms with van der Waals surface area (Å²) in [4.78, 5) is 2.32. The van der Waals surface area contributed by atoms with Crippen molar-refractivity contribution in [1.82, 2.24) is 0 Å². The fourth-order valence-electron chi connectivity index (χ4n) is 4.71. The van der Waals surface area contributed by atoms with E-state index in [1.54, 1.807) is 0 Å². The molecule has 5 rings (SSSR count). The van der Waals surface area contributed by atoms with Crippen molar-refractivity contribution in [2.75, 3.05) is 16.8 Å². The number of fused-ring (bicyclic) bond motifs is 3. The molecule has 0 fully saturated rings. The highest BCUT2D eigenvalue weighted by Gasteiger charge is 2.26. The summed E-state index contributed by atoms with van der Waals surface area (Å²) < 4.78 is 0. The van der Waals surface area contributed by atoms with E-state index in [2.05, 4.69) is 121 Å². The monoisotopic (exact) mass is 442 g/mol. The zero-order valence-electron chi connectivity index (χ0n) is 19.9. The van der Waals surface area contributed by atoms with E-state index >= 15 is 0 Å². The molecule has 1 aliphatic carbocycles. The van der Waals surface area contributed by atoms with Crippen LogP contribution >= 0.6 is 0 Å². The molecule has 0 atom stereocenters. The molecule has 0 bridgehead atoms. The Hall–Kier alpha value is -4.04. The quantitative estimate of drug-likeness (QED) is 0.241.